The van der Waals surface area contributed by atoms with Crippen molar-refractivity contribution in [3.63, 3.8) is 0 Å². The van der Waals surface area contributed by atoms with Crippen LogP contribution in [0.25, 0.3) is 0 Å². The summed E-state index contributed by atoms with van der Waals surface area (Å²) in [5, 5.41) is 0. The summed E-state index contributed by atoms with van der Waals surface area (Å²) >= 11 is 0. The minimum Gasteiger partial charge on any atom is -0.493 e. The Balaban J connectivity index is 1.76. The van der Waals surface area contributed by atoms with E-state index in [1.807, 2.05) is 39.0 Å². The lowest BCUT2D eigenvalue weighted by atomic mass is 10.1. The molecule has 35 heavy (non-hydrogen) atoms. The van der Waals surface area contributed by atoms with Gasteiger partial charge in [-0.25, -0.2) is 8.42 Å². The summed E-state index contributed by atoms with van der Waals surface area (Å²) in [5.74, 6) is 1.14. The van der Waals surface area contributed by atoms with Gasteiger partial charge in [0.15, 0.2) is 11.5 Å². The molecule has 0 saturated carbocycles. The second-order valence-electron chi connectivity index (χ2n) is 8.07. The zero-order valence-electron chi connectivity index (χ0n) is 20.8. The monoisotopic (exact) mass is 496 g/mol. The number of methoxy groups -OCH3 is 1. The van der Waals surface area contributed by atoms with E-state index < -0.39 is 10.0 Å². The minimum atomic E-state index is -3.70. The maximum atomic E-state index is 13.2. The Bertz CT molecular complexity index is 1260. The molecule has 0 atom stereocenters. The van der Waals surface area contributed by atoms with E-state index >= 15 is 0 Å². The zero-order chi connectivity index (χ0) is 25.6. The summed E-state index contributed by atoms with van der Waals surface area (Å²) in [6, 6.07) is 18.9. The second-order valence-corrected chi connectivity index (χ2v) is 10.0. The first-order valence-electron chi connectivity index (χ1n) is 11.5. The van der Waals surface area contributed by atoms with Crippen LogP contribution in [0.2, 0.25) is 0 Å². The summed E-state index contributed by atoms with van der Waals surface area (Å²) in [7, 11) is -0.613. The van der Waals surface area contributed by atoms with E-state index in [9.17, 15) is 13.2 Å². The minimum absolute atomic E-state index is 0.143. The molecule has 0 spiro atoms. The van der Waals surface area contributed by atoms with Gasteiger partial charge in [0.05, 0.1) is 24.3 Å². The van der Waals surface area contributed by atoms with Gasteiger partial charge in [-0.1, -0.05) is 23.8 Å². The largest absolute Gasteiger partial charge is 0.493 e. The lowest BCUT2D eigenvalue weighted by Gasteiger charge is -2.23. The van der Waals surface area contributed by atoms with E-state index in [1.165, 1.54) is 11.4 Å². The maximum absolute atomic E-state index is 13.2. The van der Waals surface area contributed by atoms with Crippen molar-refractivity contribution in [1.29, 1.82) is 0 Å². The number of ether oxygens (including phenoxy) is 2. The number of carbonyl (C=O) groups excluding carboxylic acids is 1. The molecule has 1 amide bonds. The highest BCUT2D eigenvalue weighted by Crippen LogP contribution is 2.29. The summed E-state index contributed by atoms with van der Waals surface area (Å²) in [6.45, 7) is 7.18. The lowest BCUT2D eigenvalue weighted by Crippen LogP contribution is -2.30. The first-order chi connectivity index (χ1) is 16.7. The van der Waals surface area contributed by atoms with Crippen LogP contribution in [0.4, 0.5) is 5.69 Å². The molecular weight excluding hydrogens is 464 g/mol. The van der Waals surface area contributed by atoms with Crippen molar-refractivity contribution in [3.05, 3.63) is 83.4 Å². The van der Waals surface area contributed by atoms with Crippen molar-refractivity contribution in [1.82, 2.24) is 4.90 Å². The van der Waals surface area contributed by atoms with Crippen LogP contribution in [0.15, 0.2) is 71.6 Å². The molecule has 0 aliphatic heterocycles. The standard InChI is InChI=1S/C27H32N2O5S/c1-6-29(19-21-10-17-25(34-7-2)26(18-21)33-5)27(30)22-11-13-23(14-12-22)28(4)35(31,32)24-15-8-20(3)9-16-24/h8-18H,6-7,19H2,1-5H3. The Morgan fingerprint density at radius 2 is 1.57 bits per heavy atom. The van der Waals surface area contributed by atoms with Crippen molar-refractivity contribution < 1.29 is 22.7 Å². The van der Waals surface area contributed by atoms with E-state index in [0.29, 0.717) is 42.4 Å². The second kappa shape index (κ2) is 11.3. The molecule has 0 radical (unpaired) electrons. The molecule has 0 aliphatic rings. The highest BCUT2D eigenvalue weighted by Gasteiger charge is 2.22. The number of anilines is 1. The van der Waals surface area contributed by atoms with Crippen LogP contribution in [-0.4, -0.2) is 46.5 Å². The van der Waals surface area contributed by atoms with Crippen LogP contribution in [0.1, 0.15) is 35.3 Å². The average Bonchev–Trinajstić information content (AvgIpc) is 2.87. The molecule has 0 aliphatic carbocycles. The van der Waals surface area contributed by atoms with Crippen LogP contribution < -0.4 is 13.8 Å². The Morgan fingerprint density at radius 1 is 0.914 bits per heavy atom. The SMILES string of the molecule is CCOc1ccc(CN(CC)C(=O)c2ccc(N(C)S(=O)(=O)c3ccc(C)cc3)cc2)cc1OC. The third kappa shape index (κ3) is 5.95. The fourth-order valence-corrected chi connectivity index (χ4v) is 4.83. The van der Waals surface area contributed by atoms with Gasteiger partial charge in [-0.05, 0) is 74.9 Å². The molecule has 7 nitrogen and oxygen atoms in total. The molecule has 0 fully saturated rings. The van der Waals surface area contributed by atoms with Crippen molar-refractivity contribution in [2.45, 2.75) is 32.2 Å². The van der Waals surface area contributed by atoms with E-state index in [4.69, 9.17) is 9.47 Å². The number of aryl methyl sites for hydroxylation is 1. The molecule has 0 unspecified atom stereocenters. The maximum Gasteiger partial charge on any atom is 0.264 e. The number of sulfonamides is 1. The number of hydrogen-bond acceptors (Lipinski definition) is 5. The Labute approximate surface area is 207 Å². The molecule has 0 aromatic heterocycles. The number of amides is 1. The average molecular weight is 497 g/mol. The number of nitrogens with zero attached hydrogens (tertiary/aromatic N) is 2. The fraction of sp³-hybridized carbons (Fsp3) is 0.296. The van der Waals surface area contributed by atoms with E-state index in [-0.39, 0.29) is 10.8 Å². The van der Waals surface area contributed by atoms with Crippen LogP contribution in [0.3, 0.4) is 0 Å². The Hall–Kier alpha value is -3.52. The molecule has 0 N–H and O–H groups in total. The van der Waals surface area contributed by atoms with E-state index in [1.54, 1.807) is 60.5 Å². The fourth-order valence-electron chi connectivity index (χ4n) is 3.64. The first kappa shape index (κ1) is 26.1. The van der Waals surface area contributed by atoms with Gasteiger partial charge in [0.2, 0.25) is 0 Å². The molecule has 3 aromatic carbocycles. The number of carbonyl (C=O) groups is 1. The van der Waals surface area contributed by atoms with Gasteiger partial charge in [-0.3, -0.25) is 9.10 Å². The van der Waals surface area contributed by atoms with Gasteiger partial charge in [0.25, 0.3) is 15.9 Å². The molecule has 0 bridgehead atoms. The van der Waals surface area contributed by atoms with E-state index in [0.717, 1.165) is 11.1 Å². The van der Waals surface area contributed by atoms with Crippen LogP contribution in [0.5, 0.6) is 11.5 Å². The van der Waals surface area contributed by atoms with Gasteiger partial charge in [-0.2, -0.15) is 0 Å². The van der Waals surface area contributed by atoms with Gasteiger partial charge >= 0.3 is 0 Å². The molecular formula is C27H32N2O5S. The van der Waals surface area contributed by atoms with Crippen LogP contribution in [-0.2, 0) is 16.6 Å². The predicted molar refractivity (Wildman–Crippen MR) is 138 cm³/mol. The molecule has 3 aromatic rings. The van der Waals surface area contributed by atoms with Crippen molar-refractivity contribution >= 4 is 21.6 Å². The molecule has 0 saturated heterocycles. The summed E-state index contributed by atoms with van der Waals surface area (Å²) in [4.78, 5) is 15.1. The smallest absolute Gasteiger partial charge is 0.264 e. The van der Waals surface area contributed by atoms with Crippen molar-refractivity contribution in [2.24, 2.45) is 0 Å². The van der Waals surface area contributed by atoms with Crippen LogP contribution >= 0.6 is 0 Å². The molecule has 186 valence electrons. The summed E-state index contributed by atoms with van der Waals surface area (Å²) in [5.41, 5.74) is 2.86. The number of hydrogen-bond donors (Lipinski definition) is 0. The highest BCUT2D eigenvalue weighted by molar-refractivity contribution is 7.92. The zero-order valence-corrected chi connectivity index (χ0v) is 21.6. The molecule has 8 heteroatoms. The Morgan fingerprint density at radius 3 is 2.14 bits per heavy atom. The number of rotatable bonds is 10. The van der Waals surface area contributed by atoms with Gasteiger partial charge < -0.3 is 14.4 Å². The van der Waals surface area contributed by atoms with Crippen LogP contribution in [0, 0.1) is 6.92 Å². The van der Waals surface area contributed by atoms with Crippen molar-refractivity contribution in [3.8, 4) is 11.5 Å². The predicted octanol–water partition coefficient (Wildman–Crippen LogP) is 4.89. The summed E-state index contributed by atoms with van der Waals surface area (Å²) in [6.07, 6.45) is 0. The topological polar surface area (TPSA) is 76.2 Å². The van der Waals surface area contributed by atoms with Crippen molar-refractivity contribution in [2.75, 3.05) is 31.6 Å². The quantitative estimate of drug-likeness (QED) is 0.399. The lowest BCUT2D eigenvalue weighted by molar-refractivity contribution is 0.0752. The van der Waals surface area contributed by atoms with Gasteiger partial charge in [0, 0.05) is 25.7 Å². The molecule has 0 heterocycles. The first-order valence-corrected chi connectivity index (χ1v) is 12.9. The van der Waals surface area contributed by atoms with E-state index in [2.05, 4.69) is 0 Å². The highest BCUT2D eigenvalue weighted by atomic mass is 32.2. The third-order valence-corrected chi connectivity index (χ3v) is 7.53. The third-order valence-electron chi connectivity index (χ3n) is 5.73. The Kier molecular flexibility index (Phi) is 8.40. The molecule has 3 rings (SSSR count). The normalized spacial score (nSPS) is 11.1. The summed E-state index contributed by atoms with van der Waals surface area (Å²) < 4.78 is 38.1. The number of benzene rings is 3. The van der Waals surface area contributed by atoms with Gasteiger partial charge in [0.1, 0.15) is 0 Å². The van der Waals surface area contributed by atoms with Gasteiger partial charge in [-0.15, -0.1) is 0 Å².